The maximum atomic E-state index is 13.4. The summed E-state index contributed by atoms with van der Waals surface area (Å²) in [5.74, 6) is -1.12. The van der Waals surface area contributed by atoms with E-state index in [4.69, 9.17) is 5.73 Å². The zero-order valence-electron chi connectivity index (χ0n) is 9.21. The molecule has 2 aromatic carbocycles. The normalized spacial score (nSPS) is 10.5. The van der Waals surface area contributed by atoms with Gasteiger partial charge in [-0.25, -0.2) is 8.78 Å². The second-order valence-electron chi connectivity index (χ2n) is 3.70. The molecule has 0 bridgehead atoms. The van der Waals surface area contributed by atoms with Gasteiger partial charge in [0.25, 0.3) is 0 Å². The van der Waals surface area contributed by atoms with E-state index < -0.39 is 11.6 Å². The monoisotopic (exact) mass is 251 g/mol. The van der Waals surface area contributed by atoms with Crippen molar-refractivity contribution >= 4 is 17.4 Å². The van der Waals surface area contributed by atoms with Gasteiger partial charge in [-0.05, 0) is 42.8 Å². The van der Waals surface area contributed by atoms with Crippen LogP contribution in [0.4, 0.5) is 14.5 Å². The van der Waals surface area contributed by atoms with Crippen LogP contribution >= 0.6 is 11.8 Å². The van der Waals surface area contributed by atoms with Crippen LogP contribution in [-0.2, 0) is 0 Å². The highest BCUT2D eigenvalue weighted by Gasteiger charge is 2.06. The van der Waals surface area contributed by atoms with E-state index in [1.807, 2.05) is 19.1 Å². The van der Waals surface area contributed by atoms with Crippen molar-refractivity contribution in [2.24, 2.45) is 0 Å². The van der Waals surface area contributed by atoms with Gasteiger partial charge in [0.1, 0.15) is 11.6 Å². The van der Waals surface area contributed by atoms with Crippen molar-refractivity contribution in [3.05, 3.63) is 53.6 Å². The Morgan fingerprint density at radius 1 is 1.06 bits per heavy atom. The number of hydrogen-bond acceptors (Lipinski definition) is 2. The van der Waals surface area contributed by atoms with Crippen molar-refractivity contribution < 1.29 is 8.78 Å². The van der Waals surface area contributed by atoms with Crippen molar-refractivity contribution in [3.63, 3.8) is 0 Å². The van der Waals surface area contributed by atoms with Crippen LogP contribution in [0.2, 0.25) is 0 Å². The van der Waals surface area contributed by atoms with E-state index in [9.17, 15) is 8.78 Å². The maximum Gasteiger partial charge on any atom is 0.140 e. The summed E-state index contributed by atoms with van der Waals surface area (Å²) in [4.78, 5) is 1.28. The summed E-state index contributed by atoms with van der Waals surface area (Å²) in [5.41, 5.74) is 7.34. The first-order chi connectivity index (χ1) is 8.06. The molecule has 0 aliphatic heterocycles. The molecule has 0 unspecified atom stereocenters. The van der Waals surface area contributed by atoms with Crippen LogP contribution in [0.25, 0.3) is 0 Å². The molecule has 4 heteroatoms. The first-order valence-corrected chi connectivity index (χ1v) is 5.87. The number of halogens is 2. The number of anilines is 1. The van der Waals surface area contributed by atoms with E-state index in [0.717, 1.165) is 16.5 Å². The average molecular weight is 251 g/mol. The fourth-order valence-corrected chi connectivity index (χ4v) is 2.31. The van der Waals surface area contributed by atoms with Crippen molar-refractivity contribution in [1.29, 1.82) is 0 Å². The molecular weight excluding hydrogens is 240 g/mol. The zero-order chi connectivity index (χ0) is 12.4. The molecule has 2 rings (SSSR count). The van der Waals surface area contributed by atoms with Crippen LogP contribution in [0.3, 0.4) is 0 Å². The molecule has 0 radical (unpaired) electrons. The summed E-state index contributed by atoms with van der Waals surface area (Å²) < 4.78 is 26.2. The Morgan fingerprint density at radius 3 is 2.47 bits per heavy atom. The molecule has 88 valence electrons. The van der Waals surface area contributed by atoms with Crippen LogP contribution in [0.1, 0.15) is 5.56 Å². The Morgan fingerprint density at radius 2 is 1.82 bits per heavy atom. The van der Waals surface area contributed by atoms with E-state index in [1.54, 1.807) is 6.07 Å². The van der Waals surface area contributed by atoms with Gasteiger partial charge in [0.05, 0.1) is 0 Å². The number of nitrogens with two attached hydrogens (primary N) is 1. The number of hydrogen-bond donors (Lipinski definition) is 1. The second-order valence-corrected chi connectivity index (χ2v) is 4.81. The third-order valence-electron chi connectivity index (χ3n) is 2.36. The Bertz CT molecular complexity index is 555. The summed E-state index contributed by atoms with van der Waals surface area (Å²) in [6.45, 7) is 1.89. The third-order valence-corrected chi connectivity index (χ3v) is 3.40. The van der Waals surface area contributed by atoms with Crippen molar-refractivity contribution in [3.8, 4) is 0 Å². The van der Waals surface area contributed by atoms with Crippen LogP contribution in [0.15, 0.2) is 46.2 Å². The number of nitrogen functional groups attached to an aromatic ring is 1. The first-order valence-electron chi connectivity index (χ1n) is 5.05. The van der Waals surface area contributed by atoms with Crippen LogP contribution in [-0.4, -0.2) is 0 Å². The van der Waals surface area contributed by atoms with Gasteiger partial charge in [0, 0.05) is 21.5 Å². The van der Waals surface area contributed by atoms with Gasteiger partial charge in [-0.15, -0.1) is 0 Å². The highest BCUT2D eigenvalue weighted by Crippen LogP contribution is 2.31. The molecule has 2 N–H and O–H groups in total. The Kier molecular flexibility index (Phi) is 3.33. The molecule has 0 fully saturated rings. The summed E-state index contributed by atoms with van der Waals surface area (Å²) in [6, 6.07) is 9.03. The molecule has 0 atom stereocenters. The van der Waals surface area contributed by atoms with Gasteiger partial charge in [0.2, 0.25) is 0 Å². The lowest BCUT2D eigenvalue weighted by Crippen LogP contribution is -1.89. The van der Waals surface area contributed by atoms with Crippen molar-refractivity contribution in [2.75, 3.05) is 5.73 Å². The molecule has 0 aliphatic carbocycles. The fourth-order valence-electron chi connectivity index (χ4n) is 1.40. The summed E-state index contributed by atoms with van der Waals surface area (Å²) in [5, 5.41) is 0. The minimum atomic E-state index is -0.569. The maximum absolute atomic E-state index is 13.4. The Hall–Kier alpha value is -1.55. The highest BCUT2D eigenvalue weighted by molar-refractivity contribution is 7.99. The molecule has 0 aromatic heterocycles. The predicted molar refractivity (Wildman–Crippen MR) is 66.1 cm³/mol. The lowest BCUT2D eigenvalue weighted by Gasteiger charge is -2.06. The fraction of sp³-hybridized carbons (Fsp3) is 0.0769. The van der Waals surface area contributed by atoms with Gasteiger partial charge < -0.3 is 5.73 Å². The molecule has 0 spiro atoms. The molecule has 17 heavy (non-hydrogen) atoms. The predicted octanol–water partition coefficient (Wildman–Crippen LogP) is 4.01. The summed E-state index contributed by atoms with van der Waals surface area (Å²) in [7, 11) is 0. The third kappa shape index (κ3) is 2.77. The Balaban J connectivity index is 2.28. The zero-order valence-corrected chi connectivity index (χ0v) is 10.0. The molecule has 0 amide bonds. The molecule has 1 nitrogen and oxygen atoms in total. The second kappa shape index (κ2) is 4.75. The lowest BCUT2D eigenvalue weighted by atomic mass is 10.2. The summed E-state index contributed by atoms with van der Waals surface area (Å²) >= 11 is 1.25. The highest BCUT2D eigenvalue weighted by atomic mass is 32.2. The van der Waals surface area contributed by atoms with E-state index in [-0.39, 0.29) is 0 Å². The van der Waals surface area contributed by atoms with Gasteiger partial charge in [0.15, 0.2) is 0 Å². The smallest absolute Gasteiger partial charge is 0.140 e. The molecular formula is C13H11F2NS. The van der Waals surface area contributed by atoms with Crippen molar-refractivity contribution in [1.82, 2.24) is 0 Å². The van der Waals surface area contributed by atoms with E-state index in [0.29, 0.717) is 10.6 Å². The molecule has 2 aromatic rings. The van der Waals surface area contributed by atoms with Gasteiger partial charge in [-0.3, -0.25) is 0 Å². The summed E-state index contributed by atoms with van der Waals surface area (Å²) in [6.07, 6.45) is 0. The quantitative estimate of drug-likeness (QED) is 0.816. The van der Waals surface area contributed by atoms with Crippen molar-refractivity contribution in [2.45, 2.75) is 16.7 Å². The van der Waals surface area contributed by atoms with E-state index >= 15 is 0 Å². The van der Waals surface area contributed by atoms with Crippen LogP contribution in [0.5, 0.6) is 0 Å². The van der Waals surface area contributed by atoms with Crippen LogP contribution in [0, 0.1) is 18.6 Å². The molecule has 0 saturated carbocycles. The lowest BCUT2D eigenvalue weighted by molar-refractivity contribution is 0.565. The Labute approximate surface area is 103 Å². The van der Waals surface area contributed by atoms with Crippen LogP contribution < -0.4 is 5.73 Å². The average Bonchev–Trinajstić information content (AvgIpc) is 2.27. The topological polar surface area (TPSA) is 26.0 Å². The standard InChI is InChI=1S/C13H11F2NS/c1-8-6-10(3-4-12(8)16)17-13-5-2-9(14)7-11(13)15/h2-7H,16H2,1H3. The number of aryl methyl sites for hydroxylation is 1. The van der Waals surface area contributed by atoms with Gasteiger partial charge >= 0.3 is 0 Å². The van der Waals surface area contributed by atoms with E-state index in [1.165, 1.54) is 23.9 Å². The van der Waals surface area contributed by atoms with Gasteiger partial charge in [-0.2, -0.15) is 0 Å². The van der Waals surface area contributed by atoms with E-state index in [2.05, 4.69) is 0 Å². The minimum absolute atomic E-state index is 0.399. The number of benzene rings is 2. The molecule has 0 aliphatic rings. The largest absolute Gasteiger partial charge is 0.399 e. The molecule has 0 heterocycles. The first kappa shape index (κ1) is 11.9. The van der Waals surface area contributed by atoms with Gasteiger partial charge in [-0.1, -0.05) is 11.8 Å². The minimum Gasteiger partial charge on any atom is -0.399 e. The SMILES string of the molecule is Cc1cc(Sc2ccc(F)cc2F)ccc1N. The molecule has 0 saturated heterocycles. The number of rotatable bonds is 2.